The Morgan fingerprint density at radius 3 is 2.40 bits per heavy atom. The van der Waals surface area contributed by atoms with Gasteiger partial charge in [-0.15, -0.1) is 0 Å². The third-order valence-electron chi connectivity index (χ3n) is 4.00. The predicted molar refractivity (Wildman–Crippen MR) is 103 cm³/mol. The lowest BCUT2D eigenvalue weighted by molar-refractivity contribution is 0.648. The van der Waals surface area contributed by atoms with Gasteiger partial charge in [-0.25, -0.2) is 4.79 Å². The lowest BCUT2D eigenvalue weighted by Gasteiger charge is -2.16. The van der Waals surface area contributed by atoms with Gasteiger partial charge in [-0.2, -0.15) is 0 Å². The Kier molecular flexibility index (Phi) is 5.19. The molecule has 0 unspecified atom stereocenters. The van der Waals surface area contributed by atoms with E-state index in [9.17, 15) is 9.59 Å². The molecule has 0 spiro atoms. The maximum Gasteiger partial charge on any atom is 0.332 e. The van der Waals surface area contributed by atoms with Gasteiger partial charge >= 0.3 is 5.69 Å². The molecule has 0 bridgehead atoms. The summed E-state index contributed by atoms with van der Waals surface area (Å²) in [5.41, 5.74) is 1.36. The molecule has 5 nitrogen and oxygen atoms in total. The fourth-order valence-corrected chi connectivity index (χ4v) is 2.96. The van der Waals surface area contributed by atoms with Crippen molar-refractivity contribution in [2.45, 2.75) is 13.1 Å². The molecule has 1 heterocycles. The Labute approximate surface area is 153 Å². The molecule has 3 rings (SSSR count). The Balaban J connectivity index is 1.98. The second kappa shape index (κ2) is 7.53. The lowest BCUT2D eigenvalue weighted by atomic mass is 10.2. The van der Waals surface area contributed by atoms with Crippen LogP contribution in [0.15, 0.2) is 74.7 Å². The second-order valence-corrected chi connectivity index (χ2v) is 6.58. The number of rotatable bonds is 5. The summed E-state index contributed by atoms with van der Waals surface area (Å²) in [7, 11) is 1.49. The minimum absolute atomic E-state index is 0.330. The Morgan fingerprint density at radius 2 is 1.68 bits per heavy atom. The van der Waals surface area contributed by atoms with Gasteiger partial charge in [0.25, 0.3) is 5.56 Å². The monoisotopic (exact) mass is 399 g/mol. The van der Waals surface area contributed by atoms with Gasteiger partial charge in [0, 0.05) is 24.1 Å². The molecule has 0 fully saturated rings. The van der Waals surface area contributed by atoms with Gasteiger partial charge < -0.3 is 5.32 Å². The molecule has 128 valence electrons. The van der Waals surface area contributed by atoms with E-state index in [0.717, 1.165) is 20.2 Å². The van der Waals surface area contributed by atoms with E-state index in [4.69, 9.17) is 0 Å². The summed E-state index contributed by atoms with van der Waals surface area (Å²) in [6, 6.07) is 19.0. The van der Waals surface area contributed by atoms with E-state index in [-0.39, 0.29) is 11.2 Å². The minimum atomic E-state index is -0.348. The van der Waals surface area contributed by atoms with E-state index < -0.39 is 0 Å². The largest absolute Gasteiger partial charge is 0.367 e. The standard InChI is InChI=1S/C19H18BrN3O2/c1-22-18(24)11-17(21-12-14-7-3-2-4-8-14)23(19(22)25)13-15-9-5-6-10-16(15)20/h2-11,21H,12-13H2,1H3. The maximum atomic E-state index is 12.6. The zero-order chi connectivity index (χ0) is 17.8. The minimum Gasteiger partial charge on any atom is -0.367 e. The third kappa shape index (κ3) is 3.91. The molecule has 1 aromatic heterocycles. The normalized spacial score (nSPS) is 10.6. The molecule has 2 aromatic carbocycles. The topological polar surface area (TPSA) is 56.0 Å². The van der Waals surface area contributed by atoms with Crippen LogP contribution in [0, 0.1) is 0 Å². The molecule has 0 saturated heterocycles. The van der Waals surface area contributed by atoms with Crippen LogP contribution in [0.25, 0.3) is 0 Å². The van der Waals surface area contributed by atoms with Crippen LogP contribution < -0.4 is 16.6 Å². The SMILES string of the molecule is Cn1c(=O)cc(NCc2ccccc2)n(Cc2ccccc2Br)c1=O. The maximum absolute atomic E-state index is 12.6. The van der Waals surface area contributed by atoms with E-state index in [1.54, 1.807) is 4.57 Å². The Hall–Kier alpha value is -2.60. The highest BCUT2D eigenvalue weighted by atomic mass is 79.9. The first-order valence-electron chi connectivity index (χ1n) is 7.88. The predicted octanol–water partition coefficient (Wildman–Crippen LogP) is 2.97. The molecule has 0 aliphatic heterocycles. The number of hydrogen-bond donors (Lipinski definition) is 1. The zero-order valence-electron chi connectivity index (χ0n) is 13.8. The number of anilines is 1. The molecular weight excluding hydrogens is 382 g/mol. The third-order valence-corrected chi connectivity index (χ3v) is 4.78. The van der Waals surface area contributed by atoms with Gasteiger partial charge in [0.1, 0.15) is 5.82 Å². The van der Waals surface area contributed by atoms with Crippen molar-refractivity contribution < 1.29 is 0 Å². The van der Waals surface area contributed by atoms with Crippen molar-refractivity contribution in [3.8, 4) is 0 Å². The smallest absolute Gasteiger partial charge is 0.332 e. The van der Waals surface area contributed by atoms with E-state index in [2.05, 4.69) is 21.2 Å². The van der Waals surface area contributed by atoms with Crippen molar-refractivity contribution in [3.63, 3.8) is 0 Å². The van der Waals surface area contributed by atoms with Crippen LogP contribution in [-0.2, 0) is 20.1 Å². The molecule has 25 heavy (non-hydrogen) atoms. The molecule has 3 aromatic rings. The first-order chi connectivity index (χ1) is 12.1. The Morgan fingerprint density at radius 1 is 1.00 bits per heavy atom. The zero-order valence-corrected chi connectivity index (χ0v) is 15.4. The quantitative estimate of drug-likeness (QED) is 0.717. The number of hydrogen-bond acceptors (Lipinski definition) is 3. The summed E-state index contributed by atoms with van der Waals surface area (Å²) < 4.78 is 3.61. The van der Waals surface area contributed by atoms with Crippen molar-refractivity contribution >= 4 is 21.7 Å². The number of nitrogens with one attached hydrogen (secondary N) is 1. The van der Waals surface area contributed by atoms with Gasteiger partial charge in [0.15, 0.2) is 0 Å². The first-order valence-corrected chi connectivity index (χ1v) is 8.67. The van der Waals surface area contributed by atoms with Crippen LogP contribution in [0.1, 0.15) is 11.1 Å². The molecule has 0 radical (unpaired) electrons. The van der Waals surface area contributed by atoms with E-state index in [0.29, 0.717) is 18.9 Å². The van der Waals surface area contributed by atoms with Crippen LogP contribution in [0.2, 0.25) is 0 Å². The van der Waals surface area contributed by atoms with Crippen LogP contribution >= 0.6 is 15.9 Å². The molecule has 0 aliphatic carbocycles. The number of aromatic nitrogens is 2. The average molecular weight is 400 g/mol. The van der Waals surface area contributed by atoms with Gasteiger partial charge in [0.2, 0.25) is 0 Å². The molecule has 0 saturated carbocycles. The molecule has 0 aliphatic rings. The van der Waals surface area contributed by atoms with E-state index >= 15 is 0 Å². The van der Waals surface area contributed by atoms with Gasteiger partial charge in [0.05, 0.1) is 6.54 Å². The van der Waals surface area contributed by atoms with Gasteiger partial charge in [-0.05, 0) is 17.2 Å². The van der Waals surface area contributed by atoms with Crippen molar-refractivity contribution in [1.29, 1.82) is 0 Å². The fourth-order valence-electron chi connectivity index (χ4n) is 2.55. The summed E-state index contributed by atoms with van der Waals surface area (Å²) in [5.74, 6) is 0.507. The van der Waals surface area contributed by atoms with Gasteiger partial charge in [-0.1, -0.05) is 64.5 Å². The van der Waals surface area contributed by atoms with Crippen molar-refractivity contribution in [1.82, 2.24) is 9.13 Å². The second-order valence-electron chi connectivity index (χ2n) is 5.73. The molecule has 0 atom stereocenters. The lowest BCUT2D eigenvalue weighted by Crippen LogP contribution is -2.39. The number of halogens is 1. The van der Waals surface area contributed by atoms with Gasteiger partial charge in [-0.3, -0.25) is 13.9 Å². The van der Waals surface area contributed by atoms with Crippen molar-refractivity contribution in [2.24, 2.45) is 7.05 Å². The summed E-state index contributed by atoms with van der Waals surface area (Å²) >= 11 is 3.51. The van der Waals surface area contributed by atoms with Crippen LogP contribution in [0.5, 0.6) is 0 Å². The highest BCUT2D eigenvalue weighted by Gasteiger charge is 2.11. The van der Waals surface area contributed by atoms with Crippen LogP contribution in [0.3, 0.4) is 0 Å². The number of benzene rings is 2. The molecular formula is C19H18BrN3O2. The molecule has 6 heteroatoms. The molecule has 1 N–H and O–H groups in total. The average Bonchev–Trinajstić information content (AvgIpc) is 2.63. The van der Waals surface area contributed by atoms with Crippen molar-refractivity contribution in [3.05, 3.63) is 97.1 Å². The van der Waals surface area contributed by atoms with E-state index in [1.165, 1.54) is 13.1 Å². The number of nitrogens with zero attached hydrogens (tertiary/aromatic N) is 2. The van der Waals surface area contributed by atoms with Crippen LogP contribution in [-0.4, -0.2) is 9.13 Å². The van der Waals surface area contributed by atoms with Crippen LogP contribution in [0.4, 0.5) is 5.82 Å². The summed E-state index contributed by atoms with van der Waals surface area (Å²) in [4.78, 5) is 24.7. The summed E-state index contributed by atoms with van der Waals surface area (Å²) in [6.45, 7) is 0.898. The fraction of sp³-hybridized carbons (Fsp3) is 0.158. The highest BCUT2D eigenvalue weighted by Crippen LogP contribution is 2.18. The first kappa shape index (κ1) is 17.2. The van der Waals surface area contributed by atoms with Crippen molar-refractivity contribution in [2.75, 3.05) is 5.32 Å². The Bertz CT molecular complexity index is 994. The highest BCUT2D eigenvalue weighted by molar-refractivity contribution is 9.10. The molecule has 0 amide bonds. The summed E-state index contributed by atoms with van der Waals surface area (Å²) in [6.07, 6.45) is 0. The summed E-state index contributed by atoms with van der Waals surface area (Å²) in [5, 5.41) is 3.21. The van der Waals surface area contributed by atoms with E-state index in [1.807, 2.05) is 54.6 Å².